The molecule has 2 heteroatoms. The summed E-state index contributed by atoms with van der Waals surface area (Å²) in [5.74, 6) is 0. The van der Waals surface area contributed by atoms with Crippen LogP contribution in [0.5, 0.6) is 0 Å². The van der Waals surface area contributed by atoms with E-state index in [0.717, 1.165) is 6.54 Å². The maximum Gasteiger partial charge on any atom is 0.0625 e. The SMILES string of the molecule is CC(C)(C)C1c2ncccc2CN1C(C)(C)C. The van der Waals surface area contributed by atoms with Crippen molar-refractivity contribution in [2.75, 3.05) is 0 Å². The van der Waals surface area contributed by atoms with E-state index in [-0.39, 0.29) is 11.0 Å². The molecule has 17 heavy (non-hydrogen) atoms. The van der Waals surface area contributed by atoms with Gasteiger partial charge in [-0.25, -0.2) is 0 Å². The molecule has 0 amide bonds. The van der Waals surface area contributed by atoms with E-state index in [0.29, 0.717) is 6.04 Å². The molecule has 1 aliphatic rings. The molecular formula is C15H24N2. The smallest absolute Gasteiger partial charge is 0.0625 e. The summed E-state index contributed by atoms with van der Waals surface area (Å²) in [5, 5.41) is 0. The Labute approximate surface area is 105 Å². The molecule has 1 atom stereocenters. The summed E-state index contributed by atoms with van der Waals surface area (Å²) in [4.78, 5) is 7.20. The maximum atomic E-state index is 4.63. The molecule has 0 N–H and O–H groups in total. The summed E-state index contributed by atoms with van der Waals surface area (Å²) in [7, 11) is 0. The molecule has 1 aliphatic heterocycles. The second-order valence-electron chi connectivity index (χ2n) is 7.12. The highest BCUT2D eigenvalue weighted by molar-refractivity contribution is 5.30. The minimum Gasteiger partial charge on any atom is -0.285 e. The number of hydrogen-bond acceptors (Lipinski definition) is 2. The zero-order chi connectivity index (χ0) is 12.8. The minimum absolute atomic E-state index is 0.179. The molecule has 2 nitrogen and oxygen atoms in total. The first-order valence-electron chi connectivity index (χ1n) is 6.42. The van der Waals surface area contributed by atoms with Crippen LogP contribution >= 0.6 is 0 Å². The third-order valence-corrected chi connectivity index (χ3v) is 3.52. The van der Waals surface area contributed by atoms with Crippen LogP contribution in [0.4, 0.5) is 0 Å². The Kier molecular flexibility index (Phi) is 2.81. The van der Waals surface area contributed by atoms with Crippen LogP contribution in [0.15, 0.2) is 18.3 Å². The van der Waals surface area contributed by atoms with Crippen molar-refractivity contribution < 1.29 is 0 Å². The van der Waals surface area contributed by atoms with Crippen molar-refractivity contribution >= 4 is 0 Å². The van der Waals surface area contributed by atoms with Gasteiger partial charge in [0.05, 0.1) is 11.7 Å². The fourth-order valence-corrected chi connectivity index (χ4v) is 2.76. The summed E-state index contributed by atoms with van der Waals surface area (Å²) in [6.07, 6.45) is 1.92. The topological polar surface area (TPSA) is 16.1 Å². The Hall–Kier alpha value is -0.890. The predicted molar refractivity (Wildman–Crippen MR) is 71.7 cm³/mol. The summed E-state index contributed by atoms with van der Waals surface area (Å²) in [6.45, 7) is 14.8. The quantitative estimate of drug-likeness (QED) is 0.676. The van der Waals surface area contributed by atoms with Gasteiger partial charge in [-0.05, 0) is 37.8 Å². The third kappa shape index (κ3) is 2.23. The molecule has 0 spiro atoms. The van der Waals surface area contributed by atoms with Crippen LogP contribution in [0.1, 0.15) is 58.8 Å². The molecular weight excluding hydrogens is 208 g/mol. The Morgan fingerprint density at radius 2 is 1.82 bits per heavy atom. The molecule has 0 radical (unpaired) electrons. The predicted octanol–water partition coefficient (Wildman–Crippen LogP) is 3.78. The summed E-state index contributed by atoms with van der Waals surface area (Å²) in [6, 6.07) is 4.68. The van der Waals surface area contributed by atoms with Gasteiger partial charge in [0.1, 0.15) is 0 Å². The van der Waals surface area contributed by atoms with Gasteiger partial charge >= 0.3 is 0 Å². The van der Waals surface area contributed by atoms with Gasteiger partial charge in [-0.2, -0.15) is 0 Å². The molecule has 0 bridgehead atoms. The van der Waals surface area contributed by atoms with Gasteiger partial charge in [0.2, 0.25) is 0 Å². The first kappa shape index (κ1) is 12.6. The second kappa shape index (κ2) is 3.81. The van der Waals surface area contributed by atoms with Gasteiger partial charge in [-0.3, -0.25) is 9.88 Å². The van der Waals surface area contributed by atoms with Crippen molar-refractivity contribution in [2.24, 2.45) is 5.41 Å². The lowest BCUT2D eigenvalue weighted by Crippen LogP contribution is -2.44. The van der Waals surface area contributed by atoms with Crippen LogP contribution in [0, 0.1) is 5.41 Å². The number of pyridine rings is 1. The van der Waals surface area contributed by atoms with Crippen molar-refractivity contribution in [1.82, 2.24) is 9.88 Å². The van der Waals surface area contributed by atoms with Crippen LogP contribution in [0.2, 0.25) is 0 Å². The van der Waals surface area contributed by atoms with Crippen molar-refractivity contribution in [2.45, 2.75) is 59.7 Å². The molecule has 1 aromatic rings. The van der Waals surface area contributed by atoms with Gasteiger partial charge in [0.25, 0.3) is 0 Å². The summed E-state index contributed by atoms with van der Waals surface area (Å²) in [5.41, 5.74) is 3.06. The fourth-order valence-electron chi connectivity index (χ4n) is 2.76. The lowest BCUT2D eigenvalue weighted by Gasteiger charge is -2.42. The Morgan fingerprint density at radius 1 is 1.18 bits per heavy atom. The van der Waals surface area contributed by atoms with Crippen LogP contribution in [-0.4, -0.2) is 15.4 Å². The molecule has 0 aliphatic carbocycles. The molecule has 0 aromatic carbocycles. The van der Waals surface area contributed by atoms with E-state index in [1.54, 1.807) is 0 Å². The molecule has 2 heterocycles. The van der Waals surface area contributed by atoms with E-state index in [1.165, 1.54) is 11.3 Å². The normalized spacial score (nSPS) is 21.6. The minimum atomic E-state index is 0.179. The largest absolute Gasteiger partial charge is 0.285 e. The van der Waals surface area contributed by atoms with Gasteiger partial charge in [0, 0.05) is 18.3 Å². The van der Waals surface area contributed by atoms with E-state index >= 15 is 0 Å². The highest BCUT2D eigenvalue weighted by atomic mass is 15.3. The number of fused-ring (bicyclic) bond motifs is 1. The number of aromatic nitrogens is 1. The van der Waals surface area contributed by atoms with Crippen LogP contribution in [0.25, 0.3) is 0 Å². The van der Waals surface area contributed by atoms with Crippen molar-refractivity contribution in [3.8, 4) is 0 Å². The first-order chi connectivity index (χ1) is 7.71. The van der Waals surface area contributed by atoms with Crippen molar-refractivity contribution in [3.63, 3.8) is 0 Å². The van der Waals surface area contributed by atoms with Crippen molar-refractivity contribution in [3.05, 3.63) is 29.6 Å². The third-order valence-electron chi connectivity index (χ3n) is 3.52. The fraction of sp³-hybridized carbons (Fsp3) is 0.667. The standard InChI is InChI=1S/C15H24N2/c1-14(2,3)13-12-11(8-7-9-16-12)10-17(13)15(4,5)6/h7-9,13H,10H2,1-6H3. The highest BCUT2D eigenvalue weighted by Gasteiger charge is 2.43. The Morgan fingerprint density at radius 3 is 2.35 bits per heavy atom. The van der Waals surface area contributed by atoms with E-state index in [9.17, 15) is 0 Å². The van der Waals surface area contributed by atoms with Gasteiger partial charge in [-0.15, -0.1) is 0 Å². The summed E-state index contributed by atoms with van der Waals surface area (Å²) >= 11 is 0. The molecule has 1 aromatic heterocycles. The first-order valence-corrected chi connectivity index (χ1v) is 6.42. The molecule has 0 fully saturated rings. The Balaban J connectivity index is 2.48. The summed E-state index contributed by atoms with van der Waals surface area (Å²) < 4.78 is 0. The molecule has 0 saturated carbocycles. The average molecular weight is 232 g/mol. The lowest BCUT2D eigenvalue weighted by molar-refractivity contribution is 0.0292. The monoisotopic (exact) mass is 232 g/mol. The van der Waals surface area contributed by atoms with Crippen LogP contribution in [0.3, 0.4) is 0 Å². The molecule has 2 rings (SSSR count). The Bertz CT molecular complexity index is 410. The van der Waals surface area contributed by atoms with E-state index in [1.807, 2.05) is 12.3 Å². The average Bonchev–Trinajstić information content (AvgIpc) is 2.54. The maximum absolute atomic E-state index is 4.63. The number of rotatable bonds is 0. The van der Waals surface area contributed by atoms with Gasteiger partial charge in [-0.1, -0.05) is 26.8 Å². The highest BCUT2D eigenvalue weighted by Crippen LogP contribution is 2.46. The zero-order valence-corrected chi connectivity index (χ0v) is 11.9. The van der Waals surface area contributed by atoms with Crippen LogP contribution < -0.4 is 0 Å². The molecule has 94 valence electrons. The van der Waals surface area contributed by atoms with Crippen LogP contribution in [-0.2, 0) is 6.54 Å². The second-order valence-corrected chi connectivity index (χ2v) is 7.12. The number of hydrogen-bond donors (Lipinski definition) is 0. The van der Waals surface area contributed by atoms with Gasteiger partial charge in [0.15, 0.2) is 0 Å². The van der Waals surface area contributed by atoms with Crippen molar-refractivity contribution in [1.29, 1.82) is 0 Å². The van der Waals surface area contributed by atoms with E-state index < -0.39 is 0 Å². The van der Waals surface area contributed by atoms with E-state index in [2.05, 4.69) is 57.5 Å². The van der Waals surface area contributed by atoms with Gasteiger partial charge < -0.3 is 0 Å². The zero-order valence-electron chi connectivity index (χ0n) is 11.9. The molecule has 1 unspecified atom stereocenters. The molecule has 0 saturated heterocycles. The lowest BCUT2D eigenvalue weighted by atomic mass is 9.83. The van der Waals surface area contributed by atoms with E-state index in [4.69, 9.17) is 0 Å². The number of nitrogens with zero attached hydrogens (tertiary/aromatic N) is 2.